The van der Waals surface area contributed by atoms with Crippen molar-refractivity contribution in [3.05, 3.63) is 48.0 Å². The Labute approximate surface area is 180 Å². The number of imide groups is 1. The first kappa shape index (κ1) is 20.7. The third kappa shape index (κ3) is 4.19. The fourth-order valence-corrected chi connectivity index (χ4v) is 3.72. The highest BCUT2D eigenvalue weighted by atomic mass is 16.7. The lowest BCUT2D eigenvalue weighted by atomic mass is 10.1. The van der Waals surface area contributed by atoms with Crippen LogP contribution in [0.3, 0.4) is 0 Å². The number of carbonyl (C=O) groups is 3. The van der Waals surface area contributed by atoms with Crippen LogP contribution < -0.4 is 19.1 Å². The lowest BCUT2D eigenvalue weighted by molar-refractivity contribution is -0.137. The Morgan fingerprint density at radius 3 is 2.58 bits per heavy atom. The van der Waals surface area contributed by atoms with E-state index in [1.807, 2.05) is 13.0 Å². The molecule has 0 radical (unpaired) electrons. The van der Waals surface area contributed by atoms with Gasteiger partial charge in [0, 0.05) is 13.5 Å². The highest BCUT2D eigenvalue weighted by Gasteiger charge is 2.43. The Morgan fingerprint density at radius 1 is 1.13 bits per heavy atom. The topological polar surface area (TPSA) is 85.4 Å². The molecule has 2 aromatic carbocycles. The highest BCUT2D eigenvalue weighted by molar-refractivity contribution is 6.23. The van der Waals surface area contributed by atoms with Gasteiger partial charge in [0.15, 0.2) is 11.5 Å². The molecule has 0 saturated carbocycles. The van der Waals surface area contributed by atoms with Crippen LogP contribution in [0.4, 0.5) is 5.69 Å². The predicted molar refractivity (Wildman–Crippen MR) is 112 cm³/mol. The molecule has 3 amide bonds. The first-order chi connectivity index (χ1) is 15.0. The third-order valence-electron chi connectivity index (χ3n) is 5.26. The number of nitrogens with zero attached hydrogens (tertiary/aromatic N) is 2. The van der Waals surface area contributed by atoms with Crippen molar-refractivity contribution in [3.63, 3.8) is 0 Å². The maximum Gasteiger partial charge on any atom is 0.257 e. The summed E-state index contributed by atoms with van der Waals surface area (Å²) in [5, 5.41) is 0. The molecule has 1 fully saturated rings. The van der Waals surface area contributed by atoms with Gasteiger partial charge >= 0.3 is 0 Å². The summed E-state index contributed by atoms with van der Waals surface area (Å²) in [6, 6.07) is 11.3. The summed E-state index contributed by atoms with van der Waals surface area (Å²) < 4.78 is 16.3. The van der Waals surface area contributed by atoms with E-state index in [-0.39, 0.29) is 31.6 Å². The van der Waals surface area contributed by atoms with Crippen molar-refractivity contribution in [2.24, 2.45) is 0 Å². The fourth-order valence-electron chi connectivity index (χ4n) is 3.72. The molecular weight excluding hydrogens is 400 g/mol. The first-order valence-electron chi connectivity index (χ1n) is 10.2. The van der Waals surface area contributed by atoms with Crippen molar-refractivity contribution >= 4 is 23.4 Å². The minimum absolute atomic E-state index is 0.0585. The van der Waals surface area contributed by atoms with Crippen LogP contribution in [0.5, 0.6) is 17.2 Å². The second-order valence-corrected chi connectivity index (χ2v) is 7.46. The number of ether oxygens (including phenoxy) is 3. The van der Waals surface area contributed by atoms with Gasteiger partial charge in [-0.1, -0.05) is 13.0 Å². The van der Waals surface area contributed by atoms with Gasteiger partial charge in [-0.2, -0.15) is 0 Å². The summed E-state index contributed by atoms with van der Waals surface area (Å²) in [5.41, 5.74) is 1.25. The van der Waals surface area contributed by atoms with Gasteiger partial charge in [0.25, 0.3) is 5.91 Å². The van der Waals surface area contributed by atoms with Crippen molar-refractivity contribution in [1.82, 2.24) is 4.90 Å². The molecule has 2 aromatic rings. The third-order valence-corrected chi connectivity index (χ3v) is 5.26. The van der Waals surface area contributed by atoms with Crippen LogP contribution in [0, 0.1) is 0 Å². The van der Waals surface area contributed by atoms with Crippen molar-refractivity contribution in [2.45, 2.75) is 39.3 Å². The highest BCUT2D eigenvalue weighted by Crippen LogP contribution is 2.34. The summed E-state index contributed by atoms with van der Waals surface area (Å²) in [6.45, 7) is 4.35. The lowest BCUT2D eigenvalue weighted by Gasteiger charge is -2.26. The Hall–Kier alpha value is -3.55. The number of fused-ring (bicyclic) bond motifs is 1. The summed E-state index contributed by atoms with van der Waals surface area (Å²) in [4.78, 5) is 40.8. The molecule has 2 aliphatic rings. The molecule has 0 aromatic heterocycles. The van der Waals surface area contributed by atoms with E-state index >= 15 is 0 Å². The normalized spacial score (nSPS) is 17.2. The zero-order valence-electron chi connectivity index (χ0n) is 17.5. The Morgan fingerprint density at radius 2 is 1.87 bits per heavy atom. The van der Waals surface area contributed by atoms with E-state index in [0.717, 1.165) is 16.9 Å². The Kier molecular flexibility index (Phi) is 5.79. The molecule has 1 saturated heterocycles. The number of carbonyl (C=O) groups excluding carboxylic acids is 3. The molecule has 2 aliphatic heterocycles. The number of rotatable bonds is 7. The largest absolute Gasteiger partial charge is 0.494 e. The predicted octanol–water partition coefficient (Wildman–Crippen LogP) is 2.88. The molecule has 0 bridgehead atoms. The van der Waals surface area contributed by atoms with Crippen LogP contribution in [0.1, 0.15) is 32.3 Å². The molecule has 162 valence electrons. The smallest absolute Gasteiger partial charge is 0.257 e. The first-order valence-corrected chi connectivity index (χ1v) is 10.2. The van der Waals surface area contributed by atoms with Gasteiger partial charge < -0.3 is 19.1 Å². The van der Waals surface area contributed by atoms with E-state index in [1.165, 1.54) is 11.8 Å². The number of hydrogen-bond acceptors (Lipinski definition) is 6. The van der Waals surface area contributed by atoms with E-state index in [9.17, 15) is 14.4 Å². The van der Waals surface area contributed by atoms with E-state index in [0.29, 0.717) is 29.5 Å². The van der Waals surface area contributed by atoms with Crippen molar-refractivity contribution in [3.8, 4) is 17.2 Å². The molecule has 8 nitrogen and oxygen atoms in total. The van der Waals surface area contributed by atoms with Crippen molar-refractivity contribution in [2.75, 3.05) is 18.3 Å². The molecule has 0 spiro atoms. The lowest BCUT2D eigenvalue weighted by Crippen LogP contribution is -2.44. The van der Waals surface area contributed by atoms with Crippen LogP contribution in [0.2, 0.25) is 0 Å². The summed E-state index contributed by atoms with van der Waals surface area (Å²) >= 11 is 0. The molecule has 0 unspecified atom stereocenters. The van der Waals surface area contributed by atoms with Crippen LogP contribution in [0.15, 0.2) is 42.5 Å². The van der Waals surface area contributed by atoms with Crippen LogP contribution in [0.25, 0.3) is 0 Å². The average molecular weight is 424 g/mol. The summed E-state index contributed by atoms with van der Waals surface area (Å²) in [6.07, 6.45) is 0.827. The number of amides is 3. The molecule has 0 N–H and O–H groups in total. The molecule has 8 heteroatoms. The van der Waals surface area contributed by atoms with Gasteiger partial charge in [-0.05, 0) is 48.4 Å². The van der Waals surface area contributed by atoms with E-state index in [1.54, 1.807) is 36.4 Å². The Balaban J connectivity index is 1.52. The van der Waals surface area contributed by atoms with Gasteiger partial charge in [-0.15, -0.1) is 0 Å². The van der Waals surface area contributed by atoms with Gasteiger partial charge in [-0.3, -0.25) is 14.4 Å². The molecule has 31 heavy (non-hydrogen) atoms. The van der Waals surface area contributed by atoms with Gasteiger partial charge in [0.2, 0.25) is 18.6 Å². The van der Waals surface area contributed by atoms with E-state index in [2.05, 4.69) is 0 Å². The van der Waals surface area contributed by atoms with E-state index < -0.39 is 11.9 Å². The second-order valence-electron chi connectivity index (χ2n) is 7.46. The monoisotopic (exact) mass is 424 g/mol. The molecule has 0 aliphatic carbocycles. The zero-order valence-corrected chi connectivity index (χ0v) is 17.5. The van der Waals surface area contributed by atoms with Crippen LogP contribution in [-0.2, 0) is 20.9 Å². The number of hydrogen-bond donors (Lipinski definition) is 0. The maximum absolute atomic E-state index is 13.1. The van der Waals surface area contributed by atoms with Crippen LogP contribution in [-0.4, -0.2) is 42.1 Å². The Bertz CT molecular complexity index is 1000. The average Bonchev–Trinajstić information content (AvgIpc) is 3.34. The zero-order chi connectivity index (χ0) is 22.0. The van der Waals surface area contributed by atoms with Gasteiger partial charge in [-0.25, -0.2) is 4.90 Å². The SMILES string of the molecule is CCCOc1ccc(N2C(=O)C[C@H](N(Cc3ccc4c(c3)OCO4)C(C)=O)C2=O)cc1. The number of anilines is 1. The molecule has 4 rings (SSSR count). The molecule has 1 atom stereocenters. The summed E-state index contributed by atoms with van der Waals surface area (Å²) in [7, 11) is 0. The molecule has 2 heterocycles. The second kappa shape index (κ2) is 8.67. The van der Waals surface area contributed by atoms with Crippen molar-refractivity contribution in [1.29, 1.82) is 0 Å². The maximum atomic E-state index is 13.1. The summed E-state index contributed by atoms with van der Waals surface area (Å²) in [5.74, 6) is 0.880. The number of benzene rings is 2. The quantitative estimate of drug-likeness (QED) is 0.636. The van der Waals surface area contributed by atoms with Gasteiger partial charge in [0.05, 0.1) is 18.7 Å². The fraction of sp³-hybridized carbons (Fsp3) is 0.348. The standard InChI is InChI=1S/C23H24N2O6/c1-3-10-29-18-7-5-17(6-8-18)25-22(27)12-19(23(25)28)24(15(2)26)13-16-4-9-20-21(11-16)31-14-30-20/h4-9,11,19H,3,10,12-14H2,1-2H3/t19-/m0/s1. The van der Waals surface area contributed by atoms with Crippen molar-refractivity contribution < 1.29 is 28.6 Å². The minimum Gasteiger partial charge on any atom is -0.494 e. The van der Waals surface area contributed by atoms with E-state index in [4.69, 9.17) is 14.2 Å². The van der Waals surface area contributed by atoms with Crippen LogP contribution >= 0.6 is 0 Å². The molecular formula is C23H24N2O6. The minimum atomic E-state index is -0.855. The van der Waals surface area contributed by atoms with Gasteiger partial charge in [0.1, 0.15) is 11.8 Å².